The van der Waals surface area contributed by atoms with E-state index in [4.69, 9.17) is 0 Å². The predicted octanol–water partition coefficient (Wildman–Crippen LogP) is -0.251. The van der Waals surface area contributed by atoms with E-state index in [1.54, 1.807) is 0 Å². The predicted molar refractivity (Wildman–Crippen MR) is 42.2 cm³/mol. The van der Waals surface area contributed by atoms with Crippen molar-refractivity contribution >= 4 is 11.9 Å². The molecular formula is C8H8F3NO4. The van der Waals surface area contributed by atoms with Gasteiger partial charge in [-0.05, 0) is 6.54 Å². The summed E-state index contributed by atoms with van der Waals surface area (Å²) in [6.07, 6.45) is -5.55. The fourth-order valence-electron chi connectivity index (χ4n) is 1.75. The minimum Gasteiger partial charge on any atom is -0.454 e. The number of carbonyl (C=O) groups excluding carboxylic acids is 2. The Balaban J connectivity index is 2.12. The maximum Gasteiger partial charge on any atom is 0.490 e. The highest BCUT2D eigenvalue weighted by Gasteiger charge is 2.64. The maximum absolute atomic E-state index is 12.0. The number of nitrogens with one attached hydrogen (secondary N) is 1. The van der Waals surface area contributed by atoms with E-state index in [1.807, 2.05) is 0 Å². The van der Waals surface area contributed by atoms with Gasteiger partial charge in [-0.2, -0.15) is 13.2 Å². The number of esters is 2. The third kappa shape index (κ3) is 1.53. The summed E-state index contributed by atoms with van der Waals surface area (Å²) in [6.45, 7) is 0.363. The van der Waals surface area contributed by atoms with Crippen LogP contribution in [0, 0.1) is 0 Å². The van der Waals surface area contributed by atoms with Crippen LogP contribution >= 0.6 is 0 Å². The zero-order chi connectivity index (χ0) is 12.0. The van der Waals surface area contributed by atoms with Crippen LogP contribution in [0.5, 0.6) is 0 Å². The lowest BCUT2D eigenvalue weighted by atomic mass is 9.85. The molecule has 2 saturated heterocycles. The number of hydrogen-bond donors (Lipinski definition) is 1. The van der Waals surface area contributed by atoms with E-state index in [1.165, 1.54) is 0 Å². The van der Waals surface area contributed by atoms with Gasteiger partial charge in [-0.25, -0.2) is 9.59 Å². The summed E-state index contributed by atoms with van der Waals surface area (Å²) in [5.41, 5.74) is -1.79. The molecule has 2 aliphatic heterocycles. The van der Waals surface area contributed by atoms with Crippen molar-refractivity contribution in [3.8, 4) is 0 Å². The second kappa shape index (κ2) is 3.34. The van der Waals surface area contributed by atoms with Crippen molar-refractivity contribution in [2.75, 3.05) is 13.1 Å². The summed E-state index contributed by atoms with van der Waals surface area (Å²) in [7, 11) is 0. The van der Waals surface area contributed by atoms with Crippen LogP contribution in [0.4, 0.5) is 13.2 Å². The average Bonchev–Trinajstić information content (AvgIpc) is 2.18. The smallest absolute Gasteiger partial charge is 0.454 e. The second-order valence-corrected chi connectivity index (χ2v) is 3.64. The number of halogens is 3. The summed E-state index contributed by atoms with van der Waals surface area (Å²) in [5.74, 6) is -3.29. The van der Waals surface area contributed by atoms with Gasteiger partial charge >= 0.3 is 18.1 Å². The van der Waals surface area contributed by atoms with Crippen molar-refractivity contribution in [2.45, 2.75) is 24.3 Å². The molecule has 2 atom stereocenters. The number of rotatable bonds is 1. The first-order valence-corrected chi connectivity index (χ1v) is 4.58. The summed E-state index contributed by atoms with van der Waals surface area (Å²) >= 11 is 0. The molecule has 0 aromatic heterocycles. The molecule has 0 unspecified atom stereocenters. The van der Waals surface area contributed by atoms with Gasteiger partial charge in [0.15, 0.2) is 6.10 Å². The maximum atomic E-state index is 12.0. The molecule has 2 rings (SSSR count). The molecule has 0 amide bonds. The topological polar surface area (TPSA) is 64.6 Å². The fraction of sp³-hybridized carbons (Fsp3) is 0.750. The zero-order valence-corrected chi connectivity index (χ0v) is 7.97. The van der Waals surface area contributed by atoms with Gasteiger partial charge in [-0.3, -0.25) is 0 Å². The van der Waals surface area contributed by atoms with Gasteiger partial charge < -0.3 is 14.8 Å². The number of fused-ring (bicyclic) bond motifs is 1. The number of carbonyl (C=O) groups is 2. The van der Waals surface area contributed by atoms with E-state index in [9.17, 15) is 22.8 Å². The van der Waals surface area contributed by atoms with E-state index in [0.29, 0.717) is 13.0 Å². The summed E-state index contributed by atoms with van der Waals surface area (Å²) in [4.78, 5) is 21.8. The van der Waals surface area contributed by atoms with Crippen LogP contribution in [0.25, 0.3) is 0 Å². The highest BCUT2D eigenvalue weighted by Crippen LogP contribution is 2.37. The molecule has 2 heterocycles. The van der Waals surface area contributed by atoms with Crippen molar-refractivity contribution < 1.29 is 32.2 Å². The molecule has 0 saturated carbocycles. The molecule has 1 N–H and O–H groups in total. The van der Waals surface area contributed by atoms with Gasteiger partial charge in [0.2, 0.25) is 0 Å². The molecular weight excluding hydrogens is 231 g/mol. The van der Waals surface area contributed by atoms with E-state index in [0.717, 1.165) is 0 Å². The van der Waals surface area contributed by atoms with Crippen LogP contribution < -0.4 is 5.32 Å². The SMILES string of the molecule is O=C(O[C@@]12CNCC[C@H]1OC2=O)C(F)(F)F. The number of alkyl halides is 3. The molecule has 0 aromatic rings. The van der Waals surface area contributed by atoms with Crippen LogP contribution in [0.15, 0.2) is 0 Å². The Morgan fingerprint density at radius 1 is 1.56 bits per heavy atom. The first-order valence-electron chi connectivity index (χ1n) is 4.58. The van der Waals surface area contributed by atoms with Crippen molar-refractivity contribution in [3.63, 3.8) is 0 Å². The highest BCUT2D eigenvalue weighted by atomic mass is 19.4. The van der Waals surface area contributed by atoms with Gasteiger partial charge in [-0.1, -0.05) is 0 Å². The van der Waals surface area contributed by atoms with Gasteiger partial charge in [-0.15, -0.1) is 0 Å². The summed E-state index contributed by atoms with van der Waals surface area (Å²) < 4.78 is 44.9. The Morgan fingerprint density at radius 2 is 2.25 bits per heavy atom. The molecule has 0 radical (unpaired) electrons. The van der Waals surface area contributed by atoms with Crippen molar-refractivity contribution in [1.82, 2.24) is 5.32 Å². The standard InChI is InChI=1S/C8H8F3NO4/c9-8(10,11)6(14)16-7-3-12-2-1-4(7)15-5(7)13/h4,12H,1-3H2/t4-,7+/m1/s1. The summed E-state index contributed by atoms with van der Waals surface area (Å²) in [5, 5.41) is 2.70. The monoisotopic (exact) mass is 239 g/mol. The van der Waals surface area contributed by atoms with Crippen LogP contribution in [0.2, 0.25) is 0 Å². The van der Waals surface area contributed by atoms with E-state index in [2.05, 4.69) is 14.8 Å². The lowest BCUT2D eigenvalue weighted by molar-refractivity contribution is -0.260. The van der Waals surface area contributed by atoms with Crippen molar-refractivity contribution in [1.29, 1.82) is 0 Å². The lowest BCUT2D eigenvalue weighted by Crippen LogP contribution is -2.72. The van der Waals surface area contributed by atoms with Gasteiger partial charge in [0.1, 0.15) is 0 Å². The van der Waals surface area contributed by atoms with Gasteiger partial charge in [0.05, 0.1) is 6.54 Å². The summed E-state index contributed by atoms with van der Waals surface area (Å²) in [6, 6.07) is 0. The highest BCUT2D eigenvalue weighted by molar-refractivity contribution is 5.90. The van der Waals surface area contributed by atoms with Crippen LogP contribution in [-0.2, 0) is 19.1 Å². The number of ether oxygens (including phenoxy) is 2. The average molecular weight is 239 g/mol. The molecule has 0 spiro atoms. The Hall–Kier alpha value is -1.31. The molecule has 0 bridgehead atoms. The number of piperidine rings is 1. The molecule has 0 aromatic carbocycles. The molecule has 0 aliphatic carbocycles. The number of hydrogen-bond acceptors (Lipinski definition) is 5. The van der Waals surface area contributed by atoms with Gasteiger partial charge in [0.25, 0.3) is 5.60 Å². The normalized spacial score (nSPS) is 33.4. The Kier molecular flexibility index (Phi) is 2.33. The minimum absolute atomic E-state index is 0.141. The van der Waals surface area contributed by atoms with Crippen LogP contribution in [0.3, 0.4) is 0 Å². The third-order valence-corrected chi connectivity index (χ3v) is 2.59. The third-order valence-electron chi connectivity index (χ3n) is 2.59. The molecule has 16 heavy (non-hydrogen) atoms. The van der Waals surface area contributed by atoms with Crippen molar-refractivity contribution in [3.05, 3.63) is 0 Å². The van der Waals surface area contributed by atoms with E-state index >= 15 is 0 Å². The molecule has 5 nitrogen and oxygen atoms in total. The molecule has 2 aliphatic rings. The quantitative estimate of drug-likeness (QED) is 0.639. The molecule has 8 heteroatoms. The van der Waals surface area contributed by atoms with E-state index < -0.39 is 29.8 Å². The van der Waals surface area contributed by atoms with Crippen molar-refractivity contribution in [2.24, 2.45) is 0 Å². The first kappa shape index (κ1) is 11.2. The Labute approximate surface area is 87.9 Å². The largest absolute Gasteiger partial charge is 0.490 e. The second-order valence-electron chi connectivity index (χ2n) is 3.64. The first-order chi connectivity index (χ1) is 7.36. The van der Waals surface area contributed by atoms with Crippen LogP contribution in [-0.4, -0.2) is 42.9 Å². The zero-order valence-electron chi connectivity index (χ0n) is 7.97. The fourth-order valence-corrected chi connectivity index (χ4v) is 1.75. The Morgan fingerprint density at radius 3 is 2.75 bits per heavy atom. The Bertz CT molecular complexity index is 343. The van der Waals surface area contributed by atoms with Crippen LogP contribution in [0.1, 0.15) is 6.42 Å². The van der Waals surface area contributed by atoms with E-state index in [-0.39, 0.29) is 6.54 Å². The lowest BCUT2D eigenvalue weighted by Gasteiger charge is -2.48. The molecule has 90 valence electrons. The minimum atomic E-state index is -5.10. The van der Waals surface area contributed by atoms with Gasteiger partial charge in [0, 0.05) is 6.42 Å². The molecule has 2 fully saturated rings.